The van der Waals surface area contributed by atoms with Crippen LogP contribution in [0.3, 0.4) is 0 Å². The Labute approximate surface area is 135 Å². The molecule has 0 fully saturated rings. The van der Waals surface area contributed by atoms with Crippen molar-refractivity contribution in [3.63, 3.8) is 0 Å². The molecule has 1 heterocycles. The van der Waals surface area contributed by atoms with E-state index < -0.39 is 17.9 Å². The molecule has 0 saturated heterocycles. The number of imidazole rings is 1. The van der Waals surface area contributed by atoms with Gasteiger partial charge in [0.15, 0.2) is 0 Å². The fraction of sp³-hybridized carbons (Fsp3) is 0.412. The lowest BCUT2D eigenvalue weighted by Crippen LogP contribution is -2.28. The van der Waals surface area contributed by atoms with Gasteiger partial charge in [0, 0.05) is 25.5 Å². The lowest BCUT2D eigenvalue weighted by Gasteiger charge is -2.12. The molecule has 2 atom stereocenters. The molecule has 1 aliphatic rings. The molecule has 23 heavy (non-hydrogen) atoms. The number of aliphatic hydroxyl groups excluding tert-OH is 1. The number of carbonyl (C=O) groups excluding carboxylic acids is 1. The largest absolute Gasteiger partial charge is 0.392 e. The van der Waals surface area contributed by atoms with Gasteiger partial charge in [0.25, 0.3) is 0 Å². The average Bonchev–Trinajstić information content (AvgIpc) is 3.12. The van der Waals surface area contributed by atoms with E-state index in [-0.39, 0.29) is 0 Å². The van der Waals surface area contributed by atoms with Gasteiger partial charge in [-0.25, -0.2) is 4.98 Å². The number of amides is 1. The van der Waals surface area contributed by atoms with Gasteiger partial charge in [0.1, 0.15) is 0 Å². The molecule has 1 aliphatic carbocycles. The van der Waals surface area contributed by atoms with E-state index in [4.69, 9.17) is 5.73 Å². The Bertz CT molecular complexity index is 669. The Hall–Kier alpha value is -2.18. The molecule has 0 spiro atoms. The van der Waals surface area contributed by atoms with E-state index >= 15 is 0 Å². The highest BCUT2D eigenvalue weighted by Gasteiger charge is 2.35. The third kappa shape index (κ3) is 3.60. The number of rotatable bonds is 7. The SMILES string of the molecule is NC(=O)[C@@H]1c2cc(CNCCCn3ccnc3)ccc2C[C@H]1O. The molecule has 0 bridgehead atoms. The van der Waals surface area contributed by atoms with Crippen molar-refractivity contribution >= 4 is 5.91 Å². The van der Waals surface area contributed by atoms with Crippen molar-refractivity contribution < 1.29 is 9.90 Å². The number of aromatic nitrogens is 2. The maximum Gasteiger partial charge on any atom is 0.227 e. The maximum atomic E-state index is 11.5. The van der Waals surface area contributed by atoms with Crippen molar-refractivity contribution in [2.75, 3.05) is 6.54 Å². The number of hydrogen-bond donors (Lipinski definition) is 3. The monoisotopic (exact) mass is 314 g/mol. The predicted octanol–water partition coefficient (Wildman–Crippen LogP) is 0.549. The first-order chi connectivity index (χ1) is 11.1. The van der Waals surface area contributed by atoms with Crippen molar-refractivity contribution in [1.82, 2.24) is 14.9 Å². The Morgan fingerprint density at radius 3 is 3.09 bits per heavy atom. The van der Waals surface area contributed by atoms with Gasteiger partial charge >= 0.3 is 0 Å². The van der Waals surface area contributed by atoms with Crippen LogP contribution in [0.5, 0.6) is 0 Å². The molecular formula is C17H22N4O2. The molecule has 0 radical (unpaired) electrons. The zero-order valence-corrected chi connectivity index (χ0v) is 13.0. The van der Waals surface area contributed by atoms with Crippen LogP contribution in [0.25, 0.3) is 0 Å². The van der Waals surface area contributed by atoms with Gasteiger partial charge in [0.05, 0.1) is 18.3 Å². The molecule has 6 nitrogen and oxygen atoms in total. The number of fused-ring (bicyclic) bond motifs is 1. The summed E-state index contributed by atoms with van der Waals surface area (Å²) in [6, 6.07) is 6.02. The Morgan fingerprint density at radius 2 is 2.35 bits per heavy atom. The first-order valence-corrected chi connectivity index (χ1v) is 7.90. The summed E-state index contributed by atoms with van der Waals surface area (Å²) in [5.41, 5.74) is 8.42. The van der Waals surface area contributed by atoms with Gasteiger partial charge in [-0.05, 0) is 36.1 Å². The van der Waals surface area contributed by atoms with Crippen molar-refractivity contribution in [3.05, 3.63) is 53.6 Å². The summed E-state index contributed by atoms with van der Waals surface area (Å²) < 4.78 is 2.05. The molecule has 0 aliphatic heterocycles. The molecule has 0 unspecified atom stereocenters. The summed E-state index contributed by atoms with van der Waals surface area (Å²) in [5, 5.41) is 13.4. The fourth-order valence-electron chi connectivity index (χ4n) is 3.16. The van der Waals surface area contributed by atoms with Crippen molar-refractivity contribution in [2.24, 2.45) is 5.73 Å². The van der Waals surface area contributed by atoms with Crippen molar-refractivity contribution in [3.8, 4) is 0 Å². The second kappa shape index (κ2) is 6.93. The van der Waals surface area contributed by atoms with Gasteiger partial charge in [-0.1, -0.05) is 18.2 Å². The summed E-state index contributed by atoms with van der Waals surface area (Å²) in [5.74, 6) is -1.03. The molecule has 1 amide bonds. The first-order valence-electron chi connectivity index (χ1n) is 7.90. The Balaban J connectivity index is 1.52. The zero-order valence-electron chi connectivity index (χ0n) is 13.0. The number of nitrogens with two attached hydrogens (primary N) is 1. The number of primary amides is 1. The normalized spacial score (nSPS) is 19.7. The lowest BCUT2D eigenvalue weighted by atomic mass is 9.97. The van der Waals surface area contributed by atoms with Gasteiger partial charge in [-0.2, -0.15) is 0 Å². The number of carbonyl (C=O) groups is 1. The van der Waals surface area contributed by atoms with E-state index in [2.05, 4.69) is 14.9 Å². The molecule has 1 aromatic carbocycles. The first kappa shape index (κ1) is 15.7. The molecule has 3 rings (SSSR count). The molecule has 122 valence electrons. The summed E-state index contributed by atoms with van der Waals surface area (Å²) in [6.07, 6.45) is 6.37. The predicted molar refractivity (Wildman–Crippen MR) is 86.6 cm³/mol. The van der Waals surface area contributed by atoms with Crippen LogP contribution < -0.4 is 11.1 Å². The second-order valence-electron chi connectivity index (χ2n) is 6.02. The van der Waals surface area contributed by atoms with Crippen LogP contribution in [0.4, 0.5) is 0 Å². The molecular weight excluding hydrogens is 292 g/mol. The van der Waals surface area contributed by atoms with E-state index in [1.807, 2.05) is 30.7 Å². The van der Waals surface area contributed by atoms with Crippen LogP contribution >= 0.6 is 0 Å². The summed E-state index contributed by atoms with van der Waals surface area (Å²) in [4.78, 5) is 15.6. The Kier molecular flexibility index (Phi) is 4.73. The number of aliphatic hydroxyl groups is 1. The van der Waals surface area contributed by atoms with Crippen LogP contribution in [0.1, 0.15) is 29.0 Å². The Morgan fingerprint density at radius 1 is 1.48 bits per heavy atom. The minimum atomic E-state index is -0.694. The van der Waals surface area contributed by atoms with Gasteiger partial charge in [-0.15, -0.1) is 0 Å². The number of nitrogens with zero attached hydrogens (tertiary/aromatic N) is 2. The zero-order chi connectivity index (χ0) is 16.2. The molecule has 6 heteroatoms. The van der Waals surface area contributed by atoms with E-state index in [1.54, 1.807) is 6.20 Å². The van der Waals surface area contributed by atoms with Crippen LogP contribution in [-0.4, -0.2) is 33.2 Å². The van der Waals surface area contributed by atoms with Crippen LogP contribution in [0.2, 0.25) is 0 Å². The van der Waals surface area contributed by atoms with Gasteiger partial charge in [-0.3, -0.25) is 4.79 Å². The minimum absolute atomic E-state index is 0.457. The third-order valence-electron chi connectivity index (χ3n) is 4.32. The fourth-order valence-corrected chi connectivity index (χ4v) is 3.16. The summed E-state index contributed by atoms with van der Waals surface area (Å²) in [6.45, 7) is 2.57. The van der Waals surface area contributed by atoms with Crippen LogP contribution in [0, 0.1) is 0 Å². The smallest absolute Gasteiger partial charge is 0.227 e. The number of aryl methyl sites for hydroxylation is 1. The van der Waals surface area contributed by atoms with Gasteiger partial charge < -0.3 is 20.7 Å². The van der Waals surface area contributed by atoms with Crippen molar-refractivity contribution in [1.29, 1.82) is 0 Å². The standard InChI is InChI=1S/C17H22N4O2/c18-17(23)16-14-8-12(2-3-13(14)9-15(16)22)10-19-4-1-6-21-7-5-20-11-21/h2-3,5,7-8,11,15-16,19,22H,1,4,6,9-10H2,(H2,18,23)/t15-,16-/m1/s1. The molecule has 4 N–H and O–H groups in total. The van der Waals surface area contributed by atoms with Crippen molar-refractivity contribution in [2.45, 2.75) is 38.0 Å². The summed E-state index contributed by atoms with van der Waals surface area (Å²) >= 11 is 0. The summed E-state index contributed by atoms with van der Waals surface area (Å²) in [7, 11) is 0. The number of hydrogen-bond acceptors (Lipinski definition) is 4. The number of nitrogens with one attached hydrogen (secondary N) is 1. The maximum absolute atomic E-state index is 11.5. The molecule has 1 aromatic heterocycles. The van der Waals surface area contributed by atoms with Crippen LogP contribution in [-0.2, 0) is 24.3 Å². The molecule has 0 saturated carbocycles. The van der Waals surface area contributed by atoms with E-state index in [1.165, 1.54) is 0 Å². The second-order valence-corrected chi connectivity index (χ2v) is 6.02. The van der Waals surface area contributed by atoms with E-state index in [9.17, 15) is 9.90 Å². The minimum Gasteiger partial charge on any atom is -0.392 e. The molecule has 2 aromatic rings. The van der Waals surface area contributed by atoms with E-state index in [0.717, 1.165) is 42.7 Å². The number of benzene rings is 1. The topological polar surface area (TPSA) is 93.2 Å². The third-order valence-corrected chi connectivity index (χ3v) is 4.32. The van der Waals surface area contributed by atoms with E-state index in [0.29, 0.717) is 6.42 Å². The van der Waals surface area contributed by atoms with Gasteiger partial charge in [0.2, 0.25) is 5.91 Å². The highest BCUT2D eigenvalue weighted by molar-refractivity contribution is 5.84. The van der Waals surface area contributed by atoms with Crippen LogP contribution in [0.15, 0.2) is 36.9 Å². The highest BCUT2D eigenvalue weighted by atomic mass is 16.3. The average molecular weight is 314 g/mol. The highest BCUT2D eigenvalue weighted by Crippen LogP contribution is 2.33. The lowest BCUT2D eigenvalue weighted by molar-refractivity contribution is -0.121. The quantitative estimate of drug-likeness (QED) is 0.651.